The van der Waals surface area contributed by atoms with Crippen LogP contribution in [0.5, 0.6) is 5.75 Å². The summed E-state index contributed by atoms with van der Waals surface area (Å²) in [5, 5.41) is 21.3. The minimum Gasteiger partial charge on any atom is -0.496 e. The Hall–Kier alpha value is -5.15. The van der Waals surface area contributed by atoms with Gasteiger partial charge in [0.05, 0.1) is 40.3 Å². The quantitative estimate of drug-likeness (QED) is 0.0706. The maximum atomic E-state index is 14.2. The number of carbonyl (C=O) groups excluding carboxylic acids is 1. The Morgan fingerprint density at radius 1 is 1.09 bits per heavy atom. The molecule has 1 aliphatic carbocycles. The van der Waals surface area contributed by atoms with Gasteiger partial charge < -0.3 is 23.7 Å². The molecule has 1 atom stereocenters. The predicted molar refractivity (Wildman–Crippen MR) is 172 cm³/mol. The maximum Gasteiger partial charge on any atom is 0.505 e. The van der Waals surface area contributed by atoms with Crippen molar-refractivity contribution in [1.82, 2.24) is 19.1 Å². The third-order valence-electron chi connectivity index (χ3n) is 7.51. The lowest BCUT2D eigenvalue weighted by molar-refractivity contribution is -0.384. The Morgan fingerprint density at radius 3 is 2.63 bits per heavy atom. The Labute approximate surface area is 268 Å². The number of aromatic nitrogens is 4. The molecule has 1 N–H and O–H groups in total. The number of ether oxygens (including phenoxy) is 2. The molecule has 0 spiro atoms. The van der Waals surface area contributed by atoms with Crippen molar-refractivity contribution >= 4 is 50.0 Å². The van der Waals surface area contributed by atoms with Gasteiger partial charge in [-0.3, -0.25) is 19.7 Å². The third kappa shape index (κ3) is 5.93. The van der Waals surface area contributed by atoms with E-state index in [1.807, 2.05) is 16.7 Å². The zero-order chi connectivity index (χ0) is 32.4. The SMILES string of the molecule is COc1cc2c(cc1C(COC(=O)O)SSc1ccccn1)C(=O)c1c-2n(CCCn2ccnc2)c(=O)c2cc([N+](=O)[O-])ccc12. The lowest BCUT2D eigenvalue weighted by Gasteiger charge is -2.20. The zero-order valence-corrected chi connectivity index (χ0v) is 25.8. The first-order valence-electron chi connectivity index (χ1n) is 13.9. The fourth-order valence-corrected chi connectivity index (χ4v) is 7.75. The van der Waals surface area contributed by atoms with Crippen LogP contribution in [0.15, 0.2) is 83.3 Å². The van der Waals surface area contributed by atoms with Gasteiger partial charge in [-0.25, -0.2) is 14.8 Å². The predicted octanol–water partition coefficient (Wildman–Crippen LogP) is 5.99. The van der Waals surface area contributed by atoms with Crippen LogP contribution in [0.3, 0.4) is 0 Å². The lowest BCUT2D eigenvalue weighted by atomic mass is 10.0. The number of hydrogen-bond acceptors (Lipinski definition) is 11. The number of nitro benzene ring substituents is 1. The van der Waals surface area contributed by atoms with Gasteiger partial charge in [-0.2, -0.15) is 0 Å². The van der Waals surface area contributed by atoms with Crippen LogP contribution in [0, 0.1) is 10.1 Å². The number of methoxy groups -OCH3 is 1. The molecular weight excluding hydrogens is 635 g/mol. The van der Waals surface area contributed by atoms with Crippen molar-refractivity contribution in [3.05, 3.63) is 111 Å². The number of ketones is 1. The molecule has 46 heavy (non-hydrogen) atoms. The van der Waals surface area contributed by atoms with Gasteiger partial charge in [0, 0.05) is 65.9 Å². The molecule has 0 bridgehead atoms. The van der Waals surface area contributed by atoms with Crippen molar-refractivity contribution in [1.29, 1.82) is 0 Å². The van der Waals surface area contributed by atoms with E-state index in [0.717, 1.165) is 0 Å². The van der Waals surface area contributed by atoms with Crippen molar-refractivity contribution in [2.75, 3.05) is 13.7 Å². The van der Waals surface area contributed by atoms with Crippen LogP contribution in [0.2, 0.25) is 0 Å². The topological polar surface area (TPSA) is 169 Å². The second kappa shape index (κ2) is 13.1. The number of carboxylic acid groups (broad SMARTS) is 1. The number of non-ortho nitro benzene ring substituents is 1. The minimum absolute atomic E-state index is 0.0685. The van der Waals surface area contributed by atoms with Gasteiger partial charge in [0.2, 0.25) is 0 Å². The van der Waals surface area contributed by atoms with Crippen LogP contribution in [0.25, 0.3) is 22.0 Å². The van der Waals surface area contributed by atoms with E-state index in [-0.39, 0.29) is 35.6 Å². The molecule has 3 heterocycles. The Morgan fingerprint density at radius 2 is 1.93 bits per heavy atom. The maximum absolute atomic E-state index is 14.2. The summed E-state index contributed by atoms with van der Waals surface area (Å²) in [6.45, 7) is 0.537. The summed E-state index contributed by atoms with van der Waals surface area (Å²) in [5.41, 5.74) is 1.23. The van der Waals surface area contributed by atoms with E-state index in [2.05, 4.69) is 9.97 Å². The van der Waals surface area contributed by atoms with Crippen LogP contribution < -0.4 is 10.3 Å². The van der Waals surface area contributed by atoms with E-state index in [1.54, 1.807) is 43.1 Å². The number of nitro groups is 1. The van der Waals surface area contributed by atoms with Crippen molar-refractivity contribution in [3.63, 3.8) is 0 Å². The van der Waals surface area contributed by atoms with E-state index >= 15 is 0 Å². The minimum atomic E-state index is -1.45. The molecule has 0 radical (unpaired) electrons. The molecule has 2 aromatic carbocycles. The van der Waals surface area contributed by atoms with E-state index in [1.165, 1.54) is 51.5 Å². The van der Waals surface area contributed by atoms with Crippen LogP contribution in [0.1, 0.15) is 33.2 Å². The summed E-state index contributed by atoms with van der Waals surface area (Å²) in [5.74, 6) is 0.00474. The van der Waals surface area contributed by atoms with Crippen LogP contribution in [-0.2, 0) is 17.8 Å². The molecule has 234 valence electrons. The van der Waals surface area contributed by atoms with Gasteiger partial charge in [-0.1, -0.05) is 16.9 Å². The van der Waals surface area contributed by atoms with Gasteiger partial charge in [0.15, 0.2) is 5.78 Å². The van der Waals surface area contributed by atoms with Crippen molar-refractivity contribution in [3.8, 4) is 17.0 Å². The Kier molecular flexibility index (Phi) is 8.76. The van der Waals surface area contributed by atoms with Crippen LogP contribution in [-0.4, -0.2) is 54.8 Å². The van der Waals surface area contributed by atoms with Crippen LogP contribution >= 0.6 is 21.6 Å². The molecule has 0 aliphatic heterocycles. The van der Waals surface area contributed by atoms with Gasteiger partial charge >= 0.3 is 6.16 Å². The summed E-state index contributed by atoms with van der Waals surface area (Å²) >= 11 is 0. The highest BCUT2D eigenvalue weighted by atomic mass is 33.1. The molecular formula is C31H25N5O8S2. The number of imidazole rings is 1. The van der Waals surface area contributed by atoms with Crippen molar-refractivity contribution in [2.45, 2.75) is 29.8 Å². The molecule has 3 aromatic heterocycles. The average molecular weight is 660 g/mol. The number of carbonyl (C=O) groups is 2. The molecule has 0 saturated carbocycles. The lowest BCUT2D eigenvalue weighted by Crippen LogP contribution is -2.24. The van der Waals surface area contributed by atoms with Gasteiger partial charge in [-0.05, 0) is 47.5 Å². The van der Waals surface area contributed by atoms with E-state index < -0.39 is 21.9 Å². The largest absolute Gasteiger partial charge is 0.505 e. The molecule has 0 fully saturated rings. The monoisotopic (exact) mass is 659 g/mol. The standard InChI is InChI=1S/C31H25N5O8S2/c1-43-24-15-20-21(14-23(24)25(16-44-31(39)40)45-46-26-5-2-3-8-33-26)29(37)27-19-7-6-18(36(41)42)13-22(19)30(38)35(28(20)27)11-4-10-34-12-9-32-17-34/h2-3,5-9,12-15,17,25H,4,10-11,16H2,1H3,(H,39,40). The fourth-order valence-electron chi connectivity index (χ4n) is 5.47. The summed E-state index contributed by atoms with van der Waals surface area (Å²) in [4.78, 5) is 58.9. The molecule has 1 unspecified atom stereocenters. The van der Waals surface area contributed by atoms with Gasteiger partial charge in [0.1, 0.15) is 17.4 Å². The highest BCUT2D eigenvalue weighted by Gasteiger charge is 2.35. The summed E-state index contributed by atoms with van der Waals surface area (Å²) in [6.07, 6.45) is 5.83. The van der Waals surface area contributed by atoms with Crippen LogP contribution in [0.4, 0.5) is 10.5 Å². The Balaban J connectivity index is 1.48. The number of rotatable bonds is 12. The third-order valence-corrected chi connectivity index (χ3v) is 10.1. The number of aryl methyl sites for hydroxylation is 1. The van der Waals surface area contributed by atoms with E-state index in [0.29, 0.717) is 51.5 Å². The Bertz CT molecular complexity index is 2030. The first-order chi connectivity index (χ1) is 22.3. The second-order valence-corrected chi connectivity index (χ2v) is 12.6. The number of nitrogens with zero attached hydrogens (tertiary/aromatic N) is 5. The highest BCUT2D eigenvalue weighted by Crippen LogP contribution is 2.49. The molecule has 15 heteroatoms. The number of benzene rings is 2. The second-order valence-electron chi connectivity index (χ2n) is 10.2. The molecule has 0 amide bonds. The van der Waals surface area contributed by atoms with Crippen molar-refractivity contribution in [2.24, 2.45) is 0 Å². The molecule has 5 aromatic rings. The van der Waals surface area contributed by atoms with Gasteiger partial charge in [0.25, 0.3) is 11.2 Å². The first kappa shape index (κ1) is 30.9. The fraction of sp³-hybridized carbons (Fsp3) is 0.194. The average Bonchev–Trinajstić information content (AvgIpc) is 3.68. The molecule has 1 aliphatic rings. The first-order valence-corrected chi connectivity index (χ1v) is 16.2. The molecule has 0 saturated heterocycles. The zero-order valence-electron chi connectivity index (χ0n) is 24.2. The number of fused-ring (bicyclic) bond motifs is 5. The van der Waals surface area contributed by atoms with Crippen molar-refractivity contribution < 1.29 is 29.1 Å². The summed E-state index contributed by atoms with van der Waals surface area (Å²) in [7, 11) is 4.08. The molecule has 13 nitrogen and oxygen atoms in total. The number of pyridine rings is 2. The van der Waals surface area contributed by atoms with E-state index in [9.17, 15) is 29.6 Å². The summed E-state index contributed by atoms with van der Waals surface area (Å²) in [6, 6.07) is 12.7. The summed E-state index contributed by atoms with van der Waals surface area (Å²) < 4.78 is 14.1. The highest BCUT2D eigenvalue weighted by molar-refractivity contribution is 8.76. The number of hydrogen-bond donors (Lipinski definition) is 1. The smallest absolute Gasteiger partial charge is 0.496 e. The van der Waals surface area contributed by atoms with E-state index in [4.69, 9.17) is 9.47 Å². The molecule has 6 rings (SSSR count). The normalized spacial score (nSPS) is 12.5. The van der Waals surface area contributed by atoms with Gasteiger partial charge in [-0.15, -0.1) is 0 Å².